The van der Waals surface area contributed by atoms with Crippen molar-refractivity contribution in [3.8, 4) is 0 Å². The lowest BCUT2D eigenvalue weighted by Gasteiger charge is -2.28. The fourth-order valence-electron chi connectivity index (χ4n) is 1.24. The molecule has 2 N–H and O–H groups in total. The van der Waals surface area contributed by atoms with E-state index in [1.165, 1.54) is 5.32 Å². The predicted octanol–water partition coefficient (Wildman–Crippen LogP) is -2.53. The van der Waals surface area contributed by atoms with E-state index in [2.05, 4.69) is 0 Å². The van der Waals surface area contributed by atoms with E-state index in [0.717, 1.165) is 0 Å². The average molecular weight is 208 g/mol. The lowest BCUT2D eigenvalue weighted by Crippen LogP contribution is -3.00. The van der Waals surface area contributed by atoms with E-state index in [4.69, 9.17) is 0 Å². The maximum atomic E-state index is 12.6. The largest absolute Gasteiger partial charge is 1.00 e. The second-order valence-electron chi connectivity index (χ2n) is 2.77. The fourth-order valence-corrected chi connectivity index (χ4v) is 1.24. The molecule has 1 atom stereocenters. The number of hydrogen-bond acceptors (Lipinski definition) is 0. The molecule has 1 aliphatic heterocycles. The first kappa shape index (κ1) is 12.0. The normalized spacial score (nSPS) is 28.2. The fraction of sp³-hybridized carbons (Fsp3) is 1.00. The Labute approximate surface area is 73.9 Å². The highest BCUT2D eigenvalue weighted by Crippen LogP contribution is 2.32. The van der Waals surface area contributed by atoms with Crippen LogP contribution >= 0.6 is 0 Å². The van der Waals surface area contributed by atoms with Crippen molar-refractivity contribution in [1.82, 2.24) is 0 Å². The molecule has 1 heterocycles. The molecule has 1 unspecified atom stereocenters. The van der Waals surface area contributed by atoms with Gasteiger partial charge in [0.05, 0.1) is 19.5 Å². The minimum Gasteiger partial charge on any atom is -1.00 e. The van der Waals surface area contributed by atoms with Gasteiger partial charge >= 0.3 is 0 Å². The molecule has 74 valence electrons. The number of alkyl halides is 4. The van der Waals surface area contributed by atoms with E-state index in [1.807, 2.05) is 0 Å². The number of hydrogen-bond donors (Lipinski definition) is 1. The zero-order valence-electron chi connectivity index (χ0n) is 6.24. The third-order valence-corrected chi connectivity index (χ3v) is 1.95. The van der Waals surface area contributed by atoms with Crippen molar-refractivity contribution in [3.63, 3.8) is 0 Å². The summed E-state index contributed by atoms with van der Waals surface area (Å²) in [6.07, 6.45) is -3.33. The second kappa shape index (κ2) is 4.28. The van der Waals surface area contributed by atoms with Gasteiger partial charge in [0.15, 0.2) is 0 Å². The standard InChI is InChI=1S/C6H9F4N.ClH/c7-5(8)4-3-11-2-1-6(4,9)10;/h4-5,11H,1-3H2;1H. The highest BCUT2D eigenvalue weighted by molar-refractivity contribution is 4.80. The van der Waals surface area contributed by atoms with Crippen molar-refractivity contribution in [2.24, 2.45) is 5.92 Å². The molecule has 1 saturated heterocycles. The third kappa shape index (κ3) is 2.48. The second-order valence-corrected chi connectivity index (χ2v) is 2.77. The van der Waals surface area contributed by atoms with Gasteiger partial charge in [0.2, 0.25) is 0 Å². The van der Waals surface area contributed by atoms with Gasteiger partial charge in [-0.25, -0.2) is 17.6 Å². The smallest absolute Gasteiger partial charge is 0.267 e. The Hall–Kier alpha value is -0.0300. The van der Waals surface area contributed by atoms with Crippen molar-refractivity contribution in [2.45, 2.75) is 18.8 Å². The Balaban J connectivity index is 0.00000121. The minimum atomic E-state index is -3.16. The van der Waals surface area contributed by atoms with Crippen LogP contribution in [0.5, 0.6) is 0 Å². The number of nitrogens with two attached hydrogens (primary N) is 1. The Bertz CT molecular complexity index is 142. The molecule has 0 aromatic heterocycles. The van der Waals surface area contributed by atoms with Gasteiger partial charge in [-0.05, 0) is 0 Å². The zero-order chi connectivity index (χ0) is 8.48. The molecule has 0 amide bonds. The molecule has 0 aromatic rings. The summed E-state index contributed by atoms with van der Waals surface area (Å²) in [7, 11) is 0. The van der Waals surface area contributed by atoms with E-state index in [0.29, 0.717) is 0 Å². The number of halogens is 5. The number of piperidine rings is 1. The summed E-state index contributed by atoms with van der Waals surface area (Å²) < 4.78 is 49.1. The van der Waals surface area contributed by atoms with E-state index in [9.17, 15) is 17.6 Å². The average Bonchev–Trinajstić information content (AvgIpc) is 1.85. The van der Waals surface area contributed by atoms with E-state index in [-0.39, 0.29) is 25.5 Å². The summed E-state index contributed by atoms with van der Waals surface area (Å²) in [5, 5.41) is 1.51. The number of quaternary nitrogens is 1. The maximum absolute atomic E-state index is 12.6. The van der Waals surface area contributed by atoms with Crippen LogP contribution in [0, 0.1) is 5.92 Å². The predicted molar refractivity (Wildman–Crippen MR) is 30.7 cm³/mol. The van der Waals surface area contributed by atoms with Gasteiger partial charge in [-0.15, -0.1) is 0 Å². The Morgan fingerprint density at radius 2 is 1.92 bits per heavy atom. The van der Waals surface area contributed by atoms with Crippen molar-refractivity contribution in [2.75, 3.05) is 13.1 Å². The summed E-state index contributed by atoms with van der Waals surface area (Å²) in [6.45, 7) is 0.0842. The van der Waals surface area contributed by atoms with E-state index >= 15 is 0 Å². The molecule has 1 fully saturated rings. The SMILES string of the molecule is FC(F)C1C[NH2+]CCC1(F)F.[Cl-]. The summed E-state index contributed by atoms with van der Waals surface area (Å²) in [4.78, 5) is 0. The molecular formula is C6H10ClF4N. The monoisotopic (exact) mass is 207 g/mol. The topological polar surface area (TPSA) is 16.6 Å². The van der Waals surface area contributed by atoms with Crippen LogP contribution in [-0.2, 0) is 0 Å². The molecule has 0 radical (unpaired) electrons. The van der Waals surface area contributed by atoms with Gasteiger partial charge in [0.1, 0.15) is 5.92 Å². The minimum absolute atomic E-state index is 0. The molecule has 6 heteroatoms. The molecule has 0 aliphatic carbocycles. The highest BCUT2D eigenvalue weighted by atomic mass is 35.5. The molecule has 1 aliphatic rings. The van der Waals surface area contributed by atoms with Crippen molar-refractivity contribution >= 4 is 0 Å². The molecule has 12 heavy (non-hydrogen) atoms. The Morgan fingerprint density at radius 3 is 2.25 bits per heavy atom. The summed E-state index contributed by atoms with van der Waals surface area (Å²) >= 11 is 0. The molecule has 1 nitrogen and oxygen atoms in total. The first-order valence-corrected chi connectivity index (χ1v) is 3.51. The van der Waals surface area contributed by atoms with Crippen LogP contribution < -0.4 is 17.7 Å². The van der Waals surface area contributed by atoms with Crippen LogP contribution in [0.3, 0.4) is 0 Å². The zero-order valence-corrected chi connectivity index (χ0v) is 7.00. The quantitative estimate of drug-likeness (QED) is 0.457. The molecule has 1 rings (SSSR count). The maximum Gasteiger partial charge on any atom is 0.267 e. The van der Waals surface area contributed by atoms with Crippen LogP contribution in [0.1, 0.15) is 6.42 Å². The van der Waals surface area contributed by atoms with Crippen LogP contribution in [0.25, 0.3) is 0 Å². The van der Waals surface area contributed by atoms with Gasteiger partial charge in [-0.3, -0.25) is 0 Å². The van der Waals surface area contributed by atoms with E-state index < -0.39 is 24.7 Å². The van der Waals surface area contributed by atoms with Crippen LogP contribution in [-0.4, -0.2) is 25.4 Å². The van der Waals surface area contributed by atoms with Gasteiger partial charge in [0.25, 0.3) is 12.3 Å². The molecular weight excluding hydrogens is 198 g/mol. The van der Waals surface area contributed by atoms with Crippen molar-refractivity contribution in [3.05, 3.63) is 0 Å². The Kier molecular flexibility index (Phi) is 4.26. The van der Waals surface area contributed by atoms with E-state index in [1.54, 1.807) is 0 Å². The van der Waals surface area contributed by atoms with Crippen LogP contribution in [0.2, 0.25) is 0 Å². The summed E-state index contributed by atoms with van der Waals surface area (Å²) in [5.41, 5.74) is 0. The molecule has 0 aromatic carbocycles. The first-order valence-electron chi connectivity index (χ1n) is 3.51. The summed E-state index contributed by atoms with van der Waals surface area (Å²) in [6, 6.07) is 0. The third-order valence-electron chi connectivity index (χ3n) is 1.95. The first-order chi connectivity index (χ1) is 5.04. The van der Waals surface area contributed by atoms with Crippen molar-refractivity contribution < 1.29 is 35.3 Å². The van der Waals surface area contributed by atoms with Crippen molar-refractivity contribution in [1.29, 1.82) is 0 Å². The summed E-state index contributed by atoms with van der Waals surface area (Å²) in [5.74, 6) is -4.92. The lowest BCUT2D eigenvalue weighted by molar-refractivity contribution is -0.679. The highest BCUT2D eigenvalue weighted by Gasteiger charge is 2.48. The molecule has 0 saturated carbocycles. The Morgan fingerprint density at radius 1 is 1.33 bits per heavy atom. The van der Waals surface area contributed by atoms with Gasteiger partial charge in [0, 0.05) is 0 Å². The van der Waals surface area contributed by atoms with Gasteiger partial charge in [-0.1, -0.05) is 0 Å². The molecule has 0 bridgehead atoms. The molecule has 0 spiro atoms. The number of rotatable bonds is 1. The van der Waals surface area contributed by atoms with Gasteiger partial charge < -0.3 is 17.7 Å². The van der Waals surface area contributed by atoms with Crippen LogP contribution in [0.4, 0.5) is 17.6 Å². The van der Waals surface area contributed by atoms with Gasteiger partial charge in [-0.2, -0.15) is 0 Å². The lowest BCUT2D eigenvalue weighted by atomic mass is 9.95. The van der Waals surface area contributed by atoms with Crippen LogP contribution in [0.15, 0.2) is 0 Å².